The Kier molecular flexibility index (Phi) is 5.48. The number of nitrogens with zero attached hydrogens (tertiary/aromatic N) is 2. The van der Waals surface area contributed by atoms with Crippen molar-refractivity contribution in [3.63, 3.8) is 0 Å². The van der Waals surface area contributed by atoms with E-state index < -0.39 is 35.7 Å². The van der Waals surface area contributed by atoms with Gasteiger partial charge in [0.25, 0.3) is 5.91 Å². The van der Waals surface area contributed by atoms with Crippen molar-refractivity contribution < 1.29 is 32.6 Å². The van der Waals surface area contributed by atoms with Crippen LogP contribution < -0.4 is 4.74 Å². The molecule has 0 radical (unpaired) electrons. The van der Waals surface area contributed by atoms with Crippen molar-refractivity contribution in [3.05, 3.63) is 26.6 Å². The van der Waals surface area contributed by atoms with Gasteiger partial charge >= 0.3 is 12.1 Å². The first-order valence-electron chi connectivity index (χ1n) is 8.34. The summed E-state index contributed by atoms with van der Waals surface area (Å²) in [6.45, 7) is -0.216. The maximum atomic E-state index is 13.2. The fourth-order valence-corrected chi connectivity index (χ4v) is 5.61. The minimum Gasteiger partial charge on any atom is -0.496 e. The van der Waals surface area contributed by atoms with Crippen LogP contribution in [0.5, 0.6) is 5.75 Å². The first-order valence-corrected chi connectivity index (χ1v) is 9.92. The molecule has 0 aromatic heterocycles. The molecule has 1 N–H and O–H groups in total. The lowest BCUT2D eigenvalue weighted by atomic mass is 9.78. The molecule has 1 spiro atoms. The van der Waals surface area contributed by atoms with Crippen molar-refractivity contribution in [2.24, 2.45) is 0 Å². The highest BCUT2D eigenvalue weighted by Crippen LogP contribution is 2.53. The maximum Gasteiger partial charge on any atom is 0.471 e. The van der Waals surface area contributed by atoms with Crippen molar-refractivity contribution >= 4 is 43.7 Å². The molecule has 1 aromatic carbocycles. The number of likely N-dealkylation sites (tertiary alicyclic amines) is 2. The van der Waals surface area contributed by atoms with Gasteiger partial charge in [0.15, 0.2) is 0 Å². The molecule has 11 heteroatoms. The van der Waals surface area contributed by atoms with Gasteiger partial charge in [-0.2, -0.15) is 13.2 Å². The average molecular weight is 530 g/mol. The van der Waals surface area contributed by atoms with Gasteiger partial charge in [0, 0.05) is 18.1 Å². The molecule has 6 nitrogen and oxygen atoms in total. The molecule has 1 aromatic rings. The summed E-state index contributed by atoms with van der Waals surface area (Å²) < 4.78 is 46.0. The summed E-state index contributed by atoms with van der Waals surface area (Å²) in [5.41, 5.74) is -1.44. The van der Waals surface area contributed by atoms with Gasteiger partial charge in [-0.05, 0) is 46.5 Å². The second-order valence-corrected chi connectivity index (χ2v) is 8.51. The lowest BCUT2D eigenvalue weighted by Gasteiger charge is -2.38. The Balaban J connectivity index is 2.22. The van der Waals surface area contributed by atoms with Crippen LogP contribution in [0.25, 0.3) is 0 Å². The summed E-state index contributed by atoms with van der Waals surface area (Å²) >= 11 is 6.68. The number of carbonyl (C=O) groups excluding carboxylic acids is 2. The predicted octanol–water partition coefficient (Wildman–Crippen LogP) is 3.02. The normalized spacial score (nSPS) is 27.8. The Morgan fingerprint density at radius 3 is 2.54 bits per heavy atom. The molecule has 0 aliphatic carbocycles. The number of ether oxygens (including phenoxy) is 1. The van der Waals surface area contributed by atoms with E-state index in [9.17, 15) is 27.9 Å². The van der Waals surface area contributed by atoms with Crippen LogP contribution in [-0.4, -0.2) is 65.4 Å². The summed E-state index contributed by atoms with van der Waals surface area (Å²) in [5.74, 6) is -3.50. The molecule has 0 bridgehead atoms. The third-order valence-electron chi connectivity index (χ3n) is 5.42. The van der Waals surface area contributed by atoms with E-state index in [1.165, 1.54) is 14.2 Å². The van der Waals surface area contributed by atoms with Gasteiger partial charge in [-0.15, -0.1) is 0 Å². The summed E-state index contributed by atoms with van der Waals surface area (Å²) in [4.78, 5) is 26.7. The number of rotatable bonds is 2. The zero-order valence-electron chi connectivity index (χ0n) is 14.9. The van der Waals surface area contributed by atoms with Crippen LogP contribution in [0.1, 0.15) is 24.3 Å². The van der Waals surface area contributed by atoms with Gasteiger partial charge in [0.1, 0.15) is 17.5 Å². The number of aliphatic hydroxyl groups is 1. The largest absolute Gasteiger partial charge is 0.496 e. The van der Waals surface area contributed by atoms with Crippen molar-refractivity contribution in [3.8, 4) is 5.75 Å². The van der Waals surface area contributed by atoms with E-state index in [2.05, 4.69) is 31.9 Å². The summed E-state index contributed by atoms with van der Waals surface area (Å²) in [6, 6.07) is 3.17. The van der Waals surface area contributed by atoms with Crippen LogP contribution in [0.3, 0.4) is 0 Å². The quantitative estimate of drug-likeness (QED) is 0.639. The monoisotopic (exact) mass is 528 g/mol. The van der Waals surface area contributed by atoms with Gasteiger partial charge in [0.2, 0.25) is 0 Å². The first kappa shape index (κ1) is 21.4. The average Bonchev–Trinajstić information content (AvgIpc) is 3.12. The molecule has 2 amide bonds. The second kappa shape index (κ2) is 7.17. The zero-order valence-corrected chi connectivity index (χ0v) is 18.1. The summed E-state index contributed by atoms with van der Waals surface area (Å²) in [6.07, 6.45) is -6.29. The van der Waals surface area contributed by atoms with Crippen LogP contribution in [0.2, 0.25) is 0 Å². The Morgan fingerprint density at radius 2 is 1.96 bits per heavy atom. The molecule has 0 unspecified atom stereocenters. The predicted molar refractivity (Wildman–Crippen MR) is 99.6 cm³/mol. The van der Waals surface area contributed by atoms with Gasteiger partial charge < -0.3 is 19.6 Å². The van der Waals surface area contributed by atoms with Crippen LogP contribution >= 0.6 is 31.9 Å². The summed E-state index contributed by atoms with van der Waals surface area (Å²) in [5, 5.41) is 10.8. The molecular formula is C17H17Br2F3N2O4. The molecule has 2 fully saturated rings. The van der Waals surface area contributed by atoms with Gasteiger partial charge in [-0.3, -0.25) is 9.59 Å². The molecule has 28 heavy (non-hydrogen) atoms. The minimum atomic E-state index is -5.12. The number of alkyl halides is 3. The molecule has 2 aliphatic rings. The lowest BCUT2D eigenvalue weighted by Crippen LogP contribution is -2.58. The van der Waals surface area contributed by atoms with Gasteiger partial charge in [-0.1, -0.05) is 15.9 Å². The van der Waals surface area contributed by atoms with E-state index in [1.54, 1.807) is 12.1 Å². The molecule has 2 aliphatic heterocycles. The lowest BCUT2D eigenvalue weighted by molar-refractivity contribution is -0.190. The highest BCUT2D eigenvalue weighted by atomic mass is 79.9. The Hall–Kier alpha value is -1.33. The standard InChI is InChI=1S/C17H17Br2F3N2O4/c1-23-13(25)12(8-6-11(28-2)10(19)7-9(8)18)16(14(23)26)4-3-5-24(16)15(27)17(20,21)22/h6-7,12-13,25H,3-5H2,1-2H3/t12-,13-,16-/m0/s1. The number of methoxy groups -OCH3 is 1. The zero-order chi connectivity index (χ0) is 21.0. The minimum absolute atomic E-state index is 0.0184. The third kappa shape index (κ3) is 3.02. The van der Waals surface area contributed by atoms with E-state index in [-0.39, 0.29) is 19.4 Å². The van der Waals surface area contributed by atoms with Crippen LogP contribution in [0.4, 0.5) is 13.2 Å². The molecule has 2 saturated heterocycles. The fraction of sp³-hybridized carbons (Fsp3) is 0.529. The fourth-order valence-electron chi connectivity index (χ4n) is 4.21. The van der Waals surface area contributed by atoms with Crippen LogP contribution in [-0.2, 0) is 9.59 Å². The summed E-state index contributed by atoms with van der Waals surface area (Å²) in [7, 11) is 2.73. The highest BCUT2D eigenvalue weighted by Gasteiger charge is 2.66. The molecule has 3 rings (SSSR count). The van der Waals surface area contributed by atoms with E-state index in [1.807, 2.05) is 0 Å². The Morgan fingerprint density at radius 1 is 1.32 bits per heavy atom. The number of halogens is 5. The number of aliphatic hydroxyl groups excluding tert-OH is 1. The number of benzene rings is 1. The Labute approximate surface area is 175 Å². The number of carbonyl (C=O) groups is 2. The number of amides is 2. The molecule has 2 heterocycles. The van der Waals surface area contributed by atoms with E-state index >= 15 is 0 Å². The van der Waals surface area contributed by atoms with Crippen molar-refractivity contribution in [1.29, 1.82) is 0 Å². The van der Waals surface area contributed by atoms with E-state index in [4.69, 9.17) is 4.74 Å². The third-order valence-corrected chi connectivity index (χ3v) is 6.72. The SMILES string of the molecule is COc1cc([C@H]2[C@H](O)N(C)C(=O)[C@]23CCCN3C(=O)C(F)(F)F)c(Br)cc1Br. The number of hydrogen-bond acceptors (Lipinski definition) is 4. The molecule has 3 atom stereocenters. The second-order valence-electron chi connectivity index (χ2n) is 6.80. The van der Waals surface area contributed by atoms with Crippen LogP contribution in [0, 0.1) is 0 Å². The van der Waals surface area contributed by atoms with E-state index in [0.717, 1.165) is 4.90 Å². The number of hydrogen-bond donors (Lipinski definition) is 1. The smallest absolute Gasteiger partial charge is 0.471 e. The molecular weight excluding hydrogens is 513 g/mol. The van der Waals surface area contributed by atoms with Gasteiger partial charge in [0.05, 0.1) is 17.5 Å². The van der Waals surface area contributed by atoms with Crippen molar-refractivity contribution in [1.82, 2.24) is 9.80 Å². The van der Waals surface area contributed by atoms with Gasteiger partial charge in [-0.25, -0.2) is 0 Å². The van der Waals surface area contributed by atoms with Crippen molar-refractivity contribution in [2.45, 2.75) is 36.7 Å². The molecule has 154 valence electrons. The van der Waals surface area contributed by atoms with Crippen molar-refractivity contribution in [2.75, 3.05) is 20.7 Å². The maximum absolute atomic E-state index is 13.2. The van der Waals surface area contributed by atoms with E-state index in [0.29, 0.717) is 25.2 Å². The first-order chi connectivity index (χ1) is 13.0. The molecule has 0 saturated carbocycles. The highest BCUT2D eigenvalue weighted by molar-refractivity contribution is 9.11. The van der Waals surface area contributed by atoms with Crippen LogP contribution in [0.15, 0.2) is 21.1 Å². The topological polar surface area (TPSA) is 70.1 Å². The number of likely N-dealkylation sites (N-methyl/N-ethyl adjacent to an activating group) is 1. The Bertz CT molecular complexity index is 835.